The summed E-state index contributed by atoms with van der Waals surface area (Å²) in [6.45, 7) is 2.03. The summed E-state index contributed by atoms with van der Waals surface area (Å²) in [5.74, 6) is -0.571. The van der Waals surface area contributed by atoms with Crippen LogP contribution in [0.4, 0.5) is 0 Å². The first kappa shape index (κ1) is 14.5. The first-order chi connectivity index (χ1) is 8.42. The molecule has 10 heteroatoms. The molecule has 9 nitrogen and oxygen atoms in total. The minimum Gasteiger partial charge on any atom is -0.461 e. The summed E-state index contributed by atoms with van der Waals surface area (Å²) in [6, 6.07) is 0. The zero-order valence-corrected chi connectivity index (χ0v) is 10.5. The average molecular weight is 279 g/mol. The lowest BCUT2D eigenvalue weighted by Crippen LogP contribution is -2.08. The second kappa shape index (κ2) is 6.42. The highest BCUT2D eigenvalue weighted by Crippen LogP contribution is 1.98. The molecule has 0 aromatic carbocycles. The molecule has 1 N–H and O–H groups in total. The molecule has 0 aliphatic rings. The Balaban J connectivity index is 2.38. The summed E-state index contributed by atoms with van der Waals surface area (Å²) in [6.07, 6.45) is 1.66. The minimum absolute atomic E-state index is 0.0764. The van der Waals surface area contributed by atoms with Crippen molar-refractivity contribution in [3.63, 3.8) is 0 Å². The molecule has 0 fully saturated rings. The van der Waals surface area contributed by atoms with E-state index >= 15 is 0 Å². The maximum atomic E-state index is 11.2. The lowest BCUT2D eigenvalue weighted by Gasteiger charge is -2.00. The van der Waals surface area contributed by atoms with Crippen LogP contribution in [0.15, 0.2) is 6.20 Å². The van der Waals surface area contributed by atoms with Crippen LogP contribution in [0.3, 0.4) is 0 Å². The molecule has 0 bridgehead atoms. The lowest BCUT2D eigenvalue weighted by atomic mass is 10.4. The van der Waals surface area contributed by atoms with Gasteiger partial charge in [0.05, 0.1) is 19.4 Å². The predicted molar refractivity (Wildman–Crippen MR) is 58.1 cm³/mol. The quantitative estimate of drug-likeness (QED) is 0.409. The minimum atomic E-state index is -4.41. The standard InChI is InChI=1S/C8H13N3O6S/c1-2-16-8(12)7-6-11(10-9-7)4-3-5-17-18(13,14)15/h6H,2-5H2,1H3,(H,13,14,15). The van der Waals surface area contributed by atoms with Crippen molar-refractivity contribution < 1.29 is 26.7 Å². The van der Waals surface area contributed by atoms with E-state index in [4.69, 9.17) is 9.29 Å². The van der Waals surface area contributed by atoms with Crippen molar-refractivity contribution >= 4 is 16.4 Å². The Morgan fingerprint density at radius 3 is 2.89 bits per heavy atom. The van der Waals surface area contributed by atoms with E-state index in [2.05, 4.69) is 14.5 Å². The molecule has 0 saturated heterocycles. The molecule has 0 atom stereocenters. The van der Waals surface area contributed by atoms with Gasteiger partial charge in [0, 0.05) is 6.54 Å². The van der Waals surface area contributed by atoms with Crippen LogP contribution in [0.5, 0.6) is 0 Å². The summed E-state index contributed by atoms with van der Waals surface area (Å²) < 4.78 is 39.0. The van der Waals surface area contributed by atoms with E-state index in [0.29, 0.717) is 6.54 Å². The number of esters is 1. The van der Waals surface area contributed by atoms with Crippen LogP contribution in [-0.2, 0) is 25.9 Å². The summed E-state index contributed by atoms with van der Waals surface area (Å²) in [7, 11) is -4.41. The van der Waals surface area contributed by atoms with E-state index in [1.54, 1.807) is 6.92 Å². The summed E-state index contributed by atoms with van der Waals surface area (Å²) in [4.78, 5) is 11.2. The highest BCUT2D eigenvalue weighted by molar-refractivity contribution is 7.80. The van der Waals surface area contributed by atoms with Gasteiger partial charge in [-0.3, -0.25) is 9.23 Å². The first-order valence-corrected chi connectivity index (χ1v) is 6.48. The highest BCUT2D eigenvalue weighted by Gasteiger charge is 2.11. The van der Waals surface area contributed by atoms with Gasteiger partial charge in [0.1, 0.15) is 0 Å². The topological polar surface area (TPSA) is 121 Å². The number of hydrogen-bond donors (Lipinski definition) is 1. The molecule has 0 aliphatic carbocycles. The number of carbonyl (C=O) groups is 1. The van der Waals surface area contributed by atoms with Crippen molar-refractivity contribution in [2.75, 3.05) is 13.2 Å². The van der Waals surface area contributed by atoms with Crippen LogP contribution in [0.25, 0.3) is 0 Å². The maximum absolute atomic E-state index is 11.2. The molecular formula is C8H13N3O6S. The van der Waals surface area contributed by atoms with Gasteiger partial charge in [-0.2, -0.15) is 8.42 Å². The van der Waals surface area contributed by atoms with E-state index in [-0.39, 0.29) is 25.3 Å². The third-order valence-corrected chi connectivity index (χ3v) is 2.25. The SMILES string of the molecule is CCOC(=O)c1cn(CCCOS(=O)(=O)O)nn1. The van der Waals surface area contributed by atoms with Gasteiger partial charge in [-0.05, 0) is 13.3 Å². The second-order valence-electron chi connectivity index (χ2n) is 3.19. The highest BCUT2D eigenvalue weighted by atomic mass is 32.3. The first-order valence-electron chi connectivity index (χ1n) is 5.11. The van der Waals surface area contributed by atoms with E-state index < -0.39 is 16.4 Å². The average Bonchev–Trinajstić information content (AvgIpc) is 2.72. The number of hydrogen-bond acceptors (Lipinski definition) is 7. The number of ether oxygens (including phenoxy) is 1. The van der Waals surface area contributed by atoms with Crippen LogP contribution < -0.4 is 0 Å². The van der Waals surface area contributed by atoms with E-state index in [9.17, 15) is 13.2 Å². The molecule has 1 aromatic rings. The van der Waals surface area contributed by atoms with E-state index in [0.717, 1.165) is 0 Å². The zero-order chi connectivity index (χ0) is 13.6. The van der Waals surface area contributed by atoms with Gasteiger partial charge >= 0.3 is 16.4 Å². The smallest absolute Gasteiger partial charge is 0.397 e. The fourth-order valence-electron chi connectivity index (χ4n) is 1.10. The van der Waals surface area contributed by atoms with Crippen molar-refractivity contribution in [2.24, 2.45) is 0 Å². The largest absolute Gasteiger partial charge is 0.461 e. The maximum Gasteiger partial charge on any atom is 0.397 e. The summed E-state index contributed by atoms with van der Waals surface area (Å²) in [5, 5.41) is 7.24. The zero-order valence-electron chi connectivity index (χ0n) is 9.64. The molecule has 0 unspecified atom stereocenters. The monoisotopic (exact) mass is 279 g/mol. The van der Waals surface area contributed by atoms with Gasteiger partial charge in [0.2, 0.25) is 0 Å². The van der Waals surface area contributed by atoms with Gasteiger partial charge in [-0.15, -0.1) is 5.10 Å². The van der Waals surface area contributed by atoms with Gasteiger partial charge in [-0.1, -0.05) is 5.21 Å². The van der Waals surface area contributed by atoms with Crippen LogP contribution in [0, 0.1) is 0 Å². The molecule has 102 valence electrons. The molecule has 18 heavy (non-hydrogen) atoms. The molecule has 0 aliphatic heterocycles. The number of aromatic nitrogens is 3. The molecule has 0 radical (unpaired) electrons. The van der Waals surface area contributed by atoms with Crippen molar-refractivity contribution in [2.45, 2.75) is 19.9 Å². The van der Waals surface area contributed by atoms with Crippen LogP contribution in [-0.4, -0.2) is 47.1 Å². The fraction of sp³-hybridized carbons (Fsp3) is 0.625. The molecule has 0 amide bonds. The Hall–Kier alpha value is -1.52. The Labute approximate surface area is 104 Å². The Kier molecular flexibility index (Phi) is 5.19. The molecular weight excluding hydrogens is 266 g/mol. The van der Waals surface area contributed by atoms with Crippen molar-refractivity contribution in [3.05, 3.63) is 11.9 Å². The Morgan fingerprint density at radius 2 is 2.28 bits per heavy atom. The summed E-state index contributed by atoms with van der Waals surface area (Å²) in [5.41, 5.74) is 0.0764. The number of nitrogens with zero attached hydrogens (tertiary/aromatic N) is 3. The van der Waals surface area contributed by atoms with Crippen molar-refractivity contribution in [1.29, 1.82) is 0 Å². The van der Waals surface area contributed by atoms with Gasteiger partial charge < -0.3 is 4.74 Å². The number of aryl methyl sites for hydroxylation is 1. The molecule has 1 rings (SSSR count). The van der Waals surface area contributed by atoms with Crippen LogP contribution in [0.2, 0.25) is 0 Å². The fourth-order valence-corrected chi connectivity index (χ4v) is 1.43. The van der Waals surface area contributed by atoms with Gasteiger partial charge in [-0.25, -0.2) is 8.98 Å². The van der Waals surface area contributed by atoms with E-state index in [1.807, 2.05) is 0 Å². The molecule has 0 spiro atoms. The summed E-state index contributed by atoms with van der Waals surface area (Å²) >= 11 is 0. The van der Waals surface area contributed by atoms with Crippen LogP contribution in [0.1, 0.15) is 23.8 Å². The number of rotatable bonds is 7. The third kappa shape index (κ3) is 5.21. The third-order valence-electron chi connectivity index (χ3n) is 1.79. The molecule has 1 aromatic heterocycles. The van der Waals surface area contributed by atoms with Gasteiger partial charge in [0.25, 0.3) is 0 Å². The van der Waals surface area contributed by atoms with Gasteiger partial charge in [0.15, 0.2) is 5.69 Å². The molecule has 1 heterocycles. The lowest BCUT2D eigenvalue weighted by molar-refractivity contribution is 0.0519. The second-order valence-corrected chi connectivity index (χ2v) is 4.28. The molecule has 0 saturated carbocycles. The normalized spacial score (nSPS) is 11.4. The Morgan fingerprint density at radius 1 is 1.56 bits per heavy atom. The van der Waals surface area contributed by atoms with E-state index in [1.165, 1.54) is 10.9 Å². The predicted octanol–water partition coefficient (Wildman–Crippen LogP) is -0.336. The van der Waals surface area contributed by atoms with Crippen LogP contribution >= 0.6 is 0 Å². The Bertz CT molecular complexity index is 497. The van der Waals surface area contributed by atoms with Crippen molar-refractivity contribution in [1.82, 2.24) is 15.0 Å². The number of carbonyl (C=O) groups excluding carboxylic acids is 1. The van der Waals surface area contributed by atoms with Crippen molar-refractivity contribution in [3.8, 4) is 0 Å².